The van der Waals surface area contributed by atoms with E-state index in [1.54, 1.807) is 23.0 Å². The average Bonchev–Trinajstić information content (AvgIpc) is 3.16. The highest BCUT2D eigenvalue weighted by molar-refractivity contribution is 6.10. The number of benzene rings is 2. The molecule has 2 aromatic rings. The van der Waals surface area contributed by atoms with E-state index >= 15 is 0 Å². The van der Waals surface area contributed by atoms with Gasteiger partial charge in [0.05, 0.1) is 17.9 Å². The third-order valence-electron chi connectivity index (χ3n) is 6.95. The molecule has 2 aromatic carbocycles. The molecule has 4 rings (SSSR count). The molecule has 0 radical (unpaired) electrons. The Labute approximate surface area is 201 Å². The fourth-order valence-electron chi connectivity index (χ4n) is 5.09. The number of aryl methyl sites for hydroxylation is 1. The maximum atomic E-state index is 13.4. The molecule has 0 saturated carbocycles. The molecule has 0 bridgehead atoms. The second-order valence-corrected chi connectivity index (χ2v) is 9.13. The Kier molecular flexibility index (Phi) is 7.32. The van der Waals surface area contributed by atoms with Crippen LogP contribution in [0.15, 0.2) is 54.6 Å². The lowest BCUT2D eigenvalue weighted by Crippen LogP contribution is -2.62. The van der Waals surface area contributed by atoms with Gasteiger partial charge in [-0.1, -0.05) is 42.5 Å². The van der Waals surface area contributed by atoms with Crippen molar-refractivity contribution in [3.8, 4) is 0 Å². The van der Waals surface area contributed by atoms with Crippen LogP contribution in [0.3, 0.4) is 0 Å². The second-order valence-electron chi connectivity index (χ2n) is 9.13. The predicted molar refractivity (Wildman–Crippen MR) is 130 cm³/mol. The van der Waals surface area contributed by atoms with Gasteiger partial charge >= 0.3 is 0 Å². The highest BCUT2D eigenvalue weighted by Gasteiger charge is 2.52. The highest BCUT2D eigenvalue weighted by Crippen LogP contribution is 2.43. The fourth-order valence-corrected chi connectivity index (χ4v) is 5.09. The third kappa shape index (κ3) is 4.71. The Morgan fingerprint density at radius 2 is 1.79 bits per heavy atom. The van der Waals surface area contributed by atoms with Crippen molar-refractivity contribution in [1.82, 2.24) is 9.80 Å². The molecule has 2 aliphatic heterocycles. The monoisotopic (exact) mass is 463 g/mol. The number of hydrogen-bond acceptors (Lipinski definition) is 4. The van der Waals surface area contributed by atoms with Crippen LogP contribution in [-0.2, 0) is 20.7 Å². The topological polar surface area (TPSA) is 70.2 Å². The molecule has 3 amide bonds. The Balaban J connectivity index is 1.44. The first kappa shape index (κ1) is 24.0. The summed E-state index contributed by atoms with van der Waals surface area (Å²) in [7, 11) is 1.63. The van der Waals surface area contributed by atoms with Crippen molar-refractivity contribution < 1.29 is 19.1 Å². The zero-order chi connectivity index (χ0) is 24.1. The van der Waals surface area contributed by atoms with Crippen LogP contribution in [0.1, 0.15) is 48.5 Å². The molecule has 1 saturated heterocycles. The molecule has 0 N–H and O–H groups in total. The first-order valence-electron chi connectivity index (χ1n) is 12.0. The fraction of sp³-hybridized carbons (Fsp3) is 0.444. The predicted octanol–water partition coefficient (Wildman–Crippen LogP) is 3.48. The molecule has 0 spiro atoms. The van der Waals surface area contributed by atoms with Gasteiger partial charge in [-0.05, 0) is 43.9 Å². The van der Waals surface area contributed by atoms with Crippen LogP contribution in [0.4, 0.5) is 5.69 Å². The largest absolute Gasteiger partial charge is 0.383 e. The number of ether oxygens (including phenoxy) is 1. The molecule has 1 unspecified atom stereocenters. The van der Waals surface area contributed by atoms with Crippen LogP contribution in [0, 0.1) is 0 Å². The lowest BCUT2D eigenvalue weighted by molar-refractivity contribution is -0.132. The summed E-state index contributed by atoms with van der Waals surface area (Å²) in [6.45, 7) is 3.82. The molecule has 7 heteroatoms. The minimum absolute atomic E-state index is 0.00348. The minimum atomic E-state index is -0.743. The van der Waals surface area contributed by atoms with Crippen molar-refractivity contribution in [2.45, 2.75) is 44.7 Å². The second kappa shape index (κ2) is 10.4. The van der Waals surface area contributed by atoms with Gasteiger partial charge in [0.1, 0.15) is 5.66 Å². The molecule has 7 nitrogen and oxygen atoms in total. The maximum absolute atomic E-state index is 13.4. The minimum Gasteiger partial charge on any atom is -0.383 e. The number of hydrogen-bond donors (Lipinski definition) is 0. The van der Waals surface area contributed by atoms with Crippen LogP contribution in [0.2, 0.25) is 0 Å². The van der Waals surface area contributed by atoms with Gasteiger partial charge < -0.3 is 14.5 Å². The van der Waals surface area contributed by atoms with Gasteiger partial charge in [0.2, 0.25) is 11.8 Å². The van der Waals surface area contributed by atoms with Crippen LogP contribution >= 0.6 is 0 Å². The summed E-state index contributed by atoms with van der Waals surface area (Å²) < 4.78 is 5.22. The highest BCUT2D eigenvalue weighted by atomic mass is 16.5. The van der Waals surface area contributed by atoms with Gasteiger partial charge in [-0.25, -0.2) is 0 Å². The number of anilines is 1. The van der Waals surface area contributed by atoms with E-state index in [0.29, 0.717) is 43.8 Å². The Hall–Kier alpha value is -3.19. The number of nitrogens with zero attached hydrogens (tertiary/aromatic N) is 3. The van der Waals surface area contributed by atoms with Crippen LogP contribution < -0.4 is 4.90 Å². The smallest absolute Gasteiger partial charge is 0.257 e. The van der Waals surface area contributed by atoms with E-state index in [9.17, 15) is 14.4 Å². The Morgan fingerprint density at radius 3 is 2.56 bits per heavy atom. The number of rotatable bonds is 10. The number of carbonyl (C=O) groups excluding carboxylic acids is 3. The summed E-state index contributed by atoms with van der Waals surface area (Å²) in [6.07, 6.45) is 2.91. The van der Waals surface area contributed by atoms with Crippen molar-refractivity contribution in [3.05, 3.63) is 65.7 Å². The van der Waals surface area contributed by atoms with E-state index in [2.05, 4.69) is 12.1 Å². The maximum Gasteiger partial charge on any atom is 0.257 e. The van der Waals surface area contributed by atoms with Crippen molar-refractivity contribution in [2.75, 3.05) is 38.3 Å². The summed E-state index contributed by atoms with van der Waals surface area (Å²) >= 11 is 0. The zero-order valence-corrected chi connectivity index (χ0v) is 20.0. The normalized spacial score (nSPS) is 19.2. The summed E-state index contributed by atoms with van der Waals surface area (Å²) in [5, 5.41) is 0. The van der Waals surface area contributed by atoms with Gasteiger partial charge in [-0.15, -0.1) is 0 Å². The molecule has 2 aliphatic rings. The average molecular weight is 464 g/mol. The van der Waals surface area contributed by atoms with E-state index < -0.39 is 5.66 Å². The SMILES string of the molecule is COCCN(CCCc1ccccc1)C(=O)CCN1C(=O)c2ccccc2N2C(=O)CCC12C. The lowest BCUT2D eigenvalue weighted by atomic mass is 9.98. The van der Waals surface area contributed by atoms with Gasteiger partial charge in [-0.2, -0.15) is 0 Å². The lowest BCUT2D eigenvalue weighted by Gasteiger charge is -2.48. The molecule has 180 valence electrons. The summed E-state index contributed by atoms with van der Waals surface area (Å²) in [5.41, 5.74) is 1.69. The quantitative estimate of drug-likeness (QED) is 0.541. The standard InChI is InChI=1S/C27H33N3O4/c1-27-16-14-25(32)30(27)23-13-7-6-12-22(23)26(33)29(27)18-15-24(31)28(19-20-34-2)17-8-11-21-9-4-3-5-10-21/h3-7,9-10,12-13H,8,11,14-20H2,1-2H3. The van der Waals surface area contributed by atoms with Gasteiger partial charge in [-0.3, -0.25) is 19.3 Å². The van der Waals surface area contributed by atoms with Gasteiger partial charge in [0.25, 0.3) is 5.91 Å². The molecular weight excluding hydrogens is 430 g/mol. The van der Waals surface area contributed by atoms with Crippen molar-refractivity contribution in [2.24, 2.45) is 0 Å². The number of fused-ring (bicyclic) bond motifs is 3. The van der Waals surface area contributed by atoms with Crippen molar-refractivity contribution in [3.63, 3.8) is 0 Å². The van der Waals surface area contributed by atoms with Crippen LogP contribution in [0.5, 0.6) is 0 Å². The molecule has 0 aromatic heterocycles. The molecular formula is C27H33N3O4. The summed E-state index contributed by atoms with van der Waals surface area (Å²) in [4.78, 5) is 44.6. The first-order chi connectivity index (χ1) is 16.5. The van der Waals surface area contributed by atoms with E-state index in [0.717, 1.165) is 12.8 Å². The first-order valence-corrected chi connectivity index (χ1v) is 12.0. The van der Waals surface area contributed by atoms with Crippen LogP contribution in [0.25, 0.3) is 0 Å². The van der Waals surface area contributed by atoms with Crippen LogP contribution in [-0.4, -0.2) is 66.5 Å². The number of para-hydroxylation sites is 1. The molecule has 1 fully saturated rings. The van der Waals surface area contributed by atoms with E-state index in [1.165, 1.54) is 5.56 Å². The summed E-state index contributed by atoms with van der Waals surface area (Å²) in [6, 6.07) is 17.5. The van der Waals surface area contributed by atoms with Crippen molar-refractivity contribution in [1.29, 1.82) is 0 Å². The third-order valence-corrected chi connectivity index (χ3v) is 6.95. The zero-order valence-electron chi connectivity index (χ0n) is 20.0. The summed E-state index contributed by atoms with van der Waals surface area (Å²) in [5.74, 6) is -0.109. The number of methoxy groups -OCH3 is 1. The molecule has 0 aliphatic carbocycles. The van der Waals surface area contributed by atoms with E-state index in [4.69, 9.17) is 4.74 Å². The van der Waals surface area contributed by atoms with E-state index in [1.807, 2.05) is 48.2 Å². The van der Waals surface area contributed by atoms with E-state index in [-0.39, 0.29) is 30.7 Å². The van der Waals surface area contributed by atoms with Gasteiger partial charge in [0, 0.05) is 39.6 Å². The van der Waals surface area contributed by atoms with Gasteiger partial charge in [0.15, 0.2) is 0 Å². The Bertz CT molecular complexity index is 1040. The Morgan fingerprint density at radius 1 is 1.06 bits per heavy atom. The molecule has 1 atom stereocenters. The molecule has 34 heavy (non-hydrogen) atoms. The van der Waals surface area contributed by atoms with Crippen molar-refractivity contribution >= 4 is 23.4 Å². The molecule has 2 heterocycles. The number of amides is 3. The number of carbonyl (C=O) groups is 3.